The molecule has 9 fully saturated rings. The first-order chi connectivity index (χ1) is 6.79. The maximum Gasteiger partial charge on any atom is -0.0101 e. The topological polar surface area (TPSA) is 0 Å². The van der Waals surface area contributed by atoms with E-state index in [4.69, 9.17) is 0 Å². The first-order valence-corrected chi connectivity index (χ1v) is 6.79. The highest BCUT2D eigenvalue weighted by atomic mass is 15.4. The summed E-state index contributed by atoms with van der Waals surface area (Å²) in [6.45, 7) is 5.28. The third-order valence-corrected chi connectivity index (χ3v) is 9.93. The van der Waals surface area contributed by atoms with Crippen LogP contribution < -0.4 is 0 Å². The second kappa shape index (κ2) is 0.812. The van der Waals surface area contributed by atoms with Gasteiger partial charge in [-0.3, -0.25) is 0 Å². The van der Waals surface area contributed by atoms with Gasteiger partial charge >= 0.3 is 0 Å². The minimum absolute atomic E-state index is 1.04. The third kappa shape index (κ3) is 0.140. The molecule has 12 atom stereocenters. The minimum Gasteiger partial charge on any atom is -0.0616 e. The fraction of sp³-hybridized carbons (Fsp3) is 1.00. The SMILES string of the molecule is CC1[C@@H]2C3[C@H](C)C45C6[C@H]4C64[C@H]5C5[C@]32[C@@]154. The Bertz CT molecular complexity index is 518. The maximum atomic E-state index is 2.65. The lowest BCUT2D eigenvalue weighted by molar-refractivity contribution is -0.282. The van der Waals surface area contributed by atoms with Crippen LogP contribution in [0.2, 0.25) is 0 Å². The van der Waals surface area contributed by atoms with E-state index in [1.165, 1.54) is 47.3 Å². The highest BCUT2D eigenvalue weighted by Gasteiger charge is 3.32. The van der Waals surface area contributed by atoms with Gasteiger partial charge in [-0.25, -0.2) is 0 Å². The van der Waals surface area contributed by atoms with Crippen LogP contribution in [0.4, 0.5) is 0 Å². The lowest BCUT2D eigenvalue weighted by atomic mass is 9.29. The van der Waals surface area contributed by atoms with Crippen molar-refractivity contribution in [2.75, 3.05) is 0 Å². The molecule has 2 bridgehead atoms. The van der Waals surface area contributed by atoms with Crippen molar-refractivity contribution in [2.45, 2.75) is 13.8 Å². The summed E-state index contributed by atoms with van der Waals surface area (Å²) in [6, 6.07) is 0. The zero-order chi connectivity index (χ0) is 8.62. The smallest absolute Gasteiger partial charge is 0.0101 e. The largest absolute Gasteiger partial charge is 0.0616 e. The molecule has 0 aromatic rings. The van der Waals surface area contributed by atoms with Gasteiger partial charge in [0.2, 0.25) is 0 Å². The summed E-state index contributed by atoms with van der Waals surface area (Å²) in [7, 11) is 0. The van der Waals surface area contributed by atoms with Crippen LogP contribution in [0.15, 0.2) is 0 Å². The van der Waals surface area contributed by atoms with E-state index in [2.05, 4.69) is 13.8 Å². The van der Waals surface area contributed by atoms with Crippen molar-refractivity contribution in [1.82, 2.24) is 0 Å². The van der Waals surface area contributed by atoms with Crippen molar-refractivity contribution in [1.29, 1.82) is 0 Å². The fourth-order valence-electron chi connectivity index (χ4n) is 10.9. The second-order valence-electron chi connectivity index (χ2n) is 8.27. The molecule has 9 aliphatic rings. The monoisotopic (exact) mass is 182 g/mol. The van der Waals surface area contributed by atoms with Gasteiger partial charge in [-0.05, 0) is 69.0 Å². The van der Waals surface area contributed by atoms with Crippen molar-refractivity contribution >= 4 is 0 Å². The molecular formula is C14H14. The number of hydrogen-bond acceptors (Lipinski definition) is 0. The Morgan fingerprint density at radius 3 is 2.14 bits per heavy atom. The van der Waals surface area contributed by atoms with Crippen molar-refractivity contribution in [2.24, 2.45) is 69.0 Å². The van der Waals surface area contributed by atoms with Gasteiger partial charge in [-0.2, -0.15) is 0 Å². The maximum absolute atomic E-state index is 2.65. The molecule has 6 unspecified atom stereocenters. The van der Waals surface area contributed by atoms with Gasteiger partial charge in [0, 0.05) is 0 Å². The average Bonchev–Trinajstić information content (AvgIpc) is 2.96. The molecule has 0 heteroatoms. The first-order valence-electron chi connectivity index (χ1n) is 6.79. The highest BCUT2D eigenvalue weighted by Crippen LogP contribution is 3.34. The molecule has 0 aromatic carbocycles. The Balaban J connectivity index is 1.66. The summed E-state index contributed by atoms with van der Waals surface area (Å²) in [5.41, 5.74) is 4.21. The van der Waals surface area contributed by atoms with Gasteiger partial charge in [0.05, 0.1) is 0 Å². The van der Waals surface area contributed by atoms with Crippen molar-refractivity contribution in [3.05, 3.63) is 0 Å². The van der Waals surface area contributed by atoms with Gasteiger partial charge in [0.25, 0.3) is 0 Å². The first kappa shape index (κ1) is 5.37. The molecule has 0 N–H and O–H groups in total. The molecule has 0 aromatic heterocycles. The zero-order valence-electron chi connectivity index (χ0n) is 8.62. The standard InChI is InChI=1S/C14H14/c1-3-5-6-4(2)14-10(12(5,6)14)9-11(3)7-8(11)13(7,9)14/h3-10H,1-2H3/t3-,4?,5?,6+,7+,8?,9-,10?,11?,12-,13?,14+/m0/s1. The third-order valence-electron chi connectivity index (χ3n) is 9.93. The molecule has 9 saturated carbocycles. The quantitative estimate of drug-likeness (QED) is 0.537. The lowest BCUT2D eigenvalue weighted by Gasteiger charge is -2.74. The second-order valence-corrected chi connectivity index (χ2v) is 8.27. The van der Waals surface area contributed by atoms with E-state index in [9.17, 15) is 0 Å². The van der Waals surface area contributed by atoms with Crippen LogP contribution in [-0.2, 0) is 0 Å². The lowest BCUT2D eigenvalue weighted by Crippen LogP contribution is -2.71. The Kier molecular flexibility index (Phi) is 0.311. The fourth-order valence-corrected chi connectivity index (χ4v) is 10.9. The predicted molar refractivity (Wildman–Crippen MR) is 49.0 cm³/mol. The molecule has 0 saturated heterocycles. The average molecular weight is 182 g/mol. The van der Waals surface area contributed by atoms with E-state index in [0.717, 1.165) is 21.7 Å². The molecule has 0 nitrogen and oxygen atoms in total. The molecule has 0 aliphatic heterocycles. The van der Waals surface area contributed by atoms with Crippen molar-refractivity contribution in [3.8, 4) is 0 Å². The predicted octanol–water partition coefficient (Wildman–Crippen LogP) is 2.01. The Labute approximate surface area is 83.4 Å². The van der Waals surface area contributed by atoms with Crippen LogP contribution in [0.5, 0.6) is 0 Å². The van der Waals surface area contributed by atoms with Crippen LogP contribution in [0.1, 0.15) is 13.8 Å². The number of fused-ring (bicyclic) bond motifs is 1. The van der Waals surface area contributed by atoms with Gasteiger partial charge in [-0.1, -0.05) is 13.8 Å². The van der Waals surface area contributed by atoms with Crippen molar-refractivity contribution < 1.29 is 0 Å². The van der Waals surface area contributed by atoms with Gasteiger partial charge in [0.1, 0.15) is 0 Å². The Hall–Kier alpha value is 0. The number of rotatable bonds is 0. The summed E-state index contributed by atoms with van der Waals surface area (Å²) in [4.78, 5) is 0. The molecule has 4 spiro atoms. The van der Waals surface area contributed by atoms with Crippen molar-refractivity contribution in [3.63, 3.8) is 0 Å². The van der Waals surface area contributed by atoms with E-state index in [1.54, 1.807) is 0 Å². The Morgan fingerprint density at radius 2 is 1.36 bits per heavy atom. The molecule has 9 rings (SSSR count). The van der Waals surface area contributed by atoms with Crippen LogP contribution in [-0.4, -0.2) is 0 Å². The van der Waals surface area contributed by atoms with Gasteiger partial charge < -0.3 is 0 Å². The summed E-state index contributed by atoms with van der Waals surface area (Å²) in [5.74, 6) is 10.2. The van der Waals surface area contributed by atoms with Crippen LogP contribution in [0.25, 0.3) is 0 Å². The summed E-state index contributed by atoms with van der Waals surface area (Å²) in [5, 5.41) is 0. The van der Waals surface area contributed by atoms with E-state index < -0.39 is 0 Å². The summed E-state index contributed by atoms with van der Waals surface area (Å²) in [6.07, 6.45) is 0. The van der Waals surface area contributed by atoms with E-state index in [0.29, 0.717) is 0 Å². The van der Waals surface area contributed by atoms with Gasteiger partial charge in [-0.15, -0.1) is 0 Å². The minimum atomic E-state index is 1.04. The molecule has 0 heterocycles. The highest BCUT2D eigenvalue weighted by molar-refractivity contribution is 5.77. The zero-order valence-corrected chi connectivity index (χ0v) is 8.62. The van der Waals surface area contributed by atoms with E-state index in [-0.39, 0.29) is 0 Å². The Morgan fingerprint density at radius 1 is 0.714 bits per heavy atom. The molecular weight excluding hydrogens is 168 g/mol. The molecule has 9 aliphatic carbocycles. The molecule has 70 valence electrons. The van der Waals surface area contributed by atoms with E-state index in [1.807, 2.05) is 0 Å². The summed E-state index contributed by atoms with van der Waals surface area (Å²) >= 11 is 0. The van der Waals surface area contributed by atoms with Gasteiger partial charge in [0.15, 0.2) is 0 Å². The molecule has 14 heavy (non-hydrogen) atoms. The number of hydrogen-bond donors (Lipinski definition) is 0. The van der Waals surface area contributed by atoms with Crippen LogP contribution >= 0.6 is 0 Å². The summed E-state index contributed by atoms with van der Waals surface area (Å²) < 4.78 is 0. The normalized spacial score (nSPS) is 117. The molecule has 0 amide bonds. The molecule has 0 radical (unpaired) electrons. The van der Waals surface area contributed by atoms with E-state index >= 15 is 0 Å². The van der Waals surface area contributed by atoms with Crippen LogP contribution in [0, 0.1) is 69.0 Å². The van der Waals surface area contributed by atoms with Crippen LogP contribution in [0.3, 0.4) is 0 Å².